The van der Waals surface area contributed by atoms with Crippen LogP contribution in [-0.2, 0) is 14.3 Å². The minimum atomic E-state index is -1.01. The molecule has 110 valence electrons. The zero-order valence-corrected chi connectivity index (χ0v) is 12.0. The molecule has 0 bridgehead atoms. The molecule has 1 amide bonds. The average molecular weight is 271 g/mol. The number of amides is 1. The number of ether oxygens (including phenoxy) is 1. The zero-order chi connectivity index (χ0) is 14.4. The van der Waals surface area contributed by atoms with Crippen molar-refractivity contribution in [2.75, 3.05) is 6.61 Å². The van der Waals surface area contributed by atoms with Crippen LogP contribution in [0.2, 0.25) is 0 Å². The Morgan fingerprint density at radius 3 is 2.47 bits per heavy atom. The Morgan fingerprint density at radius 1 is 1.32 bits per heavy atom. The van der Waals surface area contributed by atoms with E-state index in [-0.39, 0.29) is 24.5 Å². The molecule has 2 N–H and O–H groups in total. The van der Waals surface area contributed by atoms with Crippen LogP contribution >= 0.6 is 0 Å². The maximum atomic E-state index is 11.7. The van der Waals surface area contributed by atoms with Crippen LogP contribution in [0, 0.1) is 11.8 Å². The lowest BCUT2D eigenvalue weighted by atomic mass is 9.88. The van der Waals surface area contributed by atoms with Crippen LogP contribution in [0.15, 0.2) is 0 Å². The first-order chi connectivity index (χ1) is 8.91. The lowest BCUT2D eigenvalue weighted by molar-refractivity contribution is -0.144. The van der Waals surface area contributed by atoms with Crippen molar-refractivity contribution in [3.63, 3.8) is 0 Å². The third kappa shape index (κ3) is 5.19. The largest absolute Gasteiger partial charge is 0.480 e. The van der Waals surface area contributed by atoms with E-state index < -0.39 is 12.0 Å². The van der Waals surface area contributed by atoms with Crippen molar-refractivity contribution in [2.24, 2.45) is 11.8 Å². The van der Waals surface area contributed by atoms with E-state index in [1.807, 2.05) is 0 Å². The van der Waals surface area contributed by atoms with Crippen LogP contribution < -0.4 is 5.32 Å². The summed E-state index contributed by atoms with van der Waals surface area (Å²) in [5, 5.41) is 11.5. The summed E-state index contributed by atoms with van der Waals surface area (Å²) in [7, 11) is 0. The molecule has 0 aromatic rings. The van der Waals surface area contributed by atoms with Gasteiger partial charge >= 0.3 is 5.97 Å². The van der Waals surface area contributed by atoms with E-state index in [0.29, 0.717) is 5.92 Å². The molecule has 0 radical (unpaired) electrons. The van der Waals surface area contributed by atoms with E-state index in [0.717, 1.165) is 19.3 Å². The van der Waals surface area contributed by atoms with Crippen molar-refractivity contribution < 1.29 is 19.4 Å². The SMILES string of the molecule is CC(C)C(NC(=O)COC1CCCCC1C)C(=O)O. The molecule has 5 nitrogen and oxygen atoms in total. The topological polar surface area (TPSA) is 75.6 Å². The maximum Gasteiger partial charge on any atom is 0.326 e. The molecule has 0 aromatic carbocycles. The molecule has 0 aliphatic heterocycles. The lowest BCUT2D eigenvalue weighted by Gasteiger charge is -2.28. The Kier molecular flexibility index (Phi) is 6.28. The summed E-state index contributed by atoms with van der Waals surface area (Å²) >= 11 is 0. The number of nitrogens with one attached hydrogen (secondary N) is 1. The molecule has 3 unspecified atom stereocenters. The summed E-state index contributed by atoms with van der Waals surface area (Å²) in [6.07, 6.45) is 4.61. The number of hydrogen-bond donors (Lipinski definition) is 2. The maximum absolute atomic E-state index is 11.7. The van der Waals surface area contributed by atoms with Crippen molar-refractivity contribution in [3.8, 4) is 0 Å². The Morgan fingerprint density at radius 2 is 1.95 bits per heavy atom. The van der Waals surface area contributed by atoms with Gasteiger partial charge in [0.15, 0.2) is 0 Å². The minimum absolute atomic E-state index is 0.0501. The fourth-order valence-corrected chi connectivity index (χ4v) is 2.44. The Balaban J connectivity index is 2.36. The average Bonchev–Trinajstić information content (AvgIpc) is 2.34. The summed E-state index contributed by atoms with van der Waals surface area (Å²) in [5.74, 6) is -1.02. The first kappa shape index (κ1) is 16.0. The van der Waals surface area contributed by atoms with Gasteiger partial charge in [-0.05, 0) is 24.7 Å². The quantitative estimate of drug-likeness (QED) is 0.772. The first-order valence-electron chi connectivity index (χ1n) is 7.05. The van der Waals surface area contributed by atoms with Gasteiger partial charge in [-0.3, -0.25) is 4.79 Å². The number of hydrogen-bond acceptors (Lipinski definition) is 3. The summed E-state index contributed by atoms with van der Waals surface area (Å²) < 4.78 is 5.61. The number of carbonyl (C=O) groups excluding carboxylic acids is 1. The molecular weight excluding hydrogens is 246 g/mol. The van der Waals surface area contributed by atoms with E-state index in [1.54, 1.807) is 13.8 Å². The Hall–Kier alpha value is -1.10. The minimum Gasteiger partial charge on any atom is -0.480 e. The monoisotopic (exact) mass is 271 g/mol. The fourth-order valence-electron chi connectivity index (χ4n) is 2.44. The number of carboxylic acids is 1. The van der Waals surface area contributed by atoms with Gasteiger partial charge in [0.2, 0.25) is 5.91 Å². The van der Waals surface area contributed by atoms with Gasteiger partial charge in [-0.25, -0.2) is 4.79 Å². The molecule has 5 heteroatoms. The van der Waals surface area contributed by atoms with Gasteiger partial charge in [0, 0.05) is 0 Å². The molecule has 1 fully saturated rings. The van der Waals surface area contributed by atoms with Crippen LogP contribution in [0.25, 0.3) is 0 Å². The van der Waals surface area contributed by atoms with E-state index in [4.69, 9.17) is 9.84 Å². The normalized spacial score (nSPS) is 25.1. The van der Waals surface area contributed by atoms with Crippen LogP contribution in [0.4, 0.5) is 0 Å². The molecule has 0 spiro atoms. The van der Waals surface area contributed by atoms with Gasteiger partial charge in [-0.15, -0.1) is 0 Å². The molecule has 3 atom stereocenters. The van der Waals surface area contributed by atoms with E-state index in [2.05, 4.69) is 12.2 Å². The Bertz CT molecular complexity index is 317. The number of aliphatic carboxylic acids is 1. The van der Waals surface area contributed by atoms with Gasteiger partial charge in [-0.2, -0.15) is 0 Å². The molecule has 19 heavy (non-hydrogen) atoms. The summed E-state index contributed by atoms with van der Waals surface area (Å²) in [6, 6.07) is -0.847. The first-order valence-corrected chi connectivity index (χ1v) is 7.05. The second-order valence-corrected chi connectivity index (χ2v) is 5.74. The van der Waals surface area contributed by atoms with Gasteiger partial charge < -0.3 is 15.2 Å². The van der Waals surface area contributed by atoms with Crippen molar-refractivity contribution in [2.45, 2.75) is 58.6 Å². The standard InChI is InChI=1S/C14H25NO4/c1-9(2)13(14(17)18)15-12(16)8-19-11-7-5-4-6-10(11)3/h9-11,13H,4-8H2,1-3H3,(H,15,16)(H,17,18). The second-order valence-electron chi connectivity index (χ2n) is 5.74. The predicted octanol–water partition coefficient (Wildman–Crippen LogP) is 1.81. The fraction of sp³-hybridized carbons (Fsp3) is 0.857. The van der Waals surface area contributed by atoms with Crippen molar-refractivity contribution in [3.05, 3.63) is 0 Å². The molecule has 0 aromatic heterocycles. The van der Waals surface area contributed by atoms with E-state index in [9.17, 15) is 9.59 Å². The molecule has 1 aliphatic rings. The molecule has 0 heterocycles. The Labute approximate surface area is 114 Å². The predicted molar refractivity (Wildman–Crippen MR) is 71.8 cm³/mol. The van der Waals surface area contributed by atoms with Crippen molar-refractivity contribution in [1.82, 2.24) is 5.32 Å². The van der Waals surface area contributed by atoms with Crippen LogP contribution in [-0.4, -0.2) is 35.7 Å². The van der Waals surface area contributed by atoms with Crippen LogP contribution in [0.1, 0.15) is 46.5 Å². The van der Waals surface area contributed by atoms with Crippen LogP contribution in [0.3, 0.4) is 0 Å². The van der Waals surface area contributed by atoms with Crippen molar-refractivity contribution >= 4 is 11.9 Å². The van der Waals surface area contributed by atoms with Gasteiger partial charge in [0.25, 0.3) is 0 Å². The molecule has 0 saturated heterocycles. The summed E-state index contributed by atoms with van der Waals surface area (Å²) in [5.41, 5.74) is 0. The summed E-state index contributed by atoms with van der Waals surface area (Å²) in [6.45, 7) is 5.62. The molecule has 1 saturated carbocycles. The molecule has 1 aliphatic carbocycles. The van der Waals surface area contributed by atoms with Crippen LogP contribution in [0.5, 0.6) is 0 Å². The highest BCUT2D eigenvalue weighted by atomic mass is 16.5. The van der Waals surface area contributed by atoms with Crippen molar-refractivity contribution in [1.29, 1.82) is 0 Å². The van der Waals surface area contributed by atoms with Gasteiger partial charge in [-0.1, -0.05) is 33.6 Å². The number of carbonyl (C=O) groups is 2. The highest BCUT2D eigenvalue weighted by Crippen LogP contribution is 2.26. The lowest BCUT2D eigenvalue weighted by Crippen LogP contribution is -2.46. The zero-order valence-electron chi connectivity index (χ0n) is 12.0. The van der Waals surface area contributed by atoms with E-state index in [1.165, 1.54) is 6.42 Å². The smallest absolute Gasteiger partial charge is 0.326 e. The second kappa shape index (κ2) is 7.48. The number of rotatable bonds is 6. The van der Waals surface area contributed by atoms with Gasteiger partial charge in [0.05, 0.1) is 6.10 Å². The summed E-state index contributed by atoms with van der Waals surface area (Å²) in [4.78, 5) is 22.7. The molecular formula is C14H25NO4. The third-order valence-electron chi connectivity index (χ3n) is 3.71. The third-order valence-corrected chi connectivity index (χ3v) is 3.71. The van der Waals surface area contributed by atoms with E-state index >= 15 is 0 Å². The highest BCUT2D eigenvalue weighted by molar-refractivity contribution is 5.84. The number of carboxylic acid groups (broad SMARTS) is 1. The highest BCUT2D eigenvalue weighted by Gasteiger charge is 2.25. The van der Waals surface area contributed by atoms with Gasteiger partial charge in [0.1, 0.15) is 12.6 Å². The molecule has 1 rings (SSSR count).